The number of nitro groups is 1. The van der Waals surface area contributed by atoms with Crippen LogP contribution in [0.4, 0.5) is 17.1 Å². The molecular formula is C18H17N5O5S. The molecule has 150 valence electrons. The summed E-state index contributed by atoms with van der Waals surface area (Å²) in [5, 5.41) is 19.3. The Balaban J connectivity index is 1.89. The van der Waals surface area contributed by atoms with Crippen molar-refractivity contribution in [2.75, 3.05) is 5.32 Å². The van der Waals surface area contributed by atoms with Gasteiger partial charge in [0, 0.05) is 29.2 Å². The molecule has 29 heavy (non-hydrogen) atoms. The van der Waals surface area contributed by atoms with E-state index in [1.54, 1.807) is 24.3 Å². The second-order valence-electron chi connectivity index (χ2n) is 6.17. The van der Waals surface area contributed by atoms with Crippen LogP contribution in [0.1, 0.15) is 11.4 Å². The predicted molar refractivity (Wildman–Crippen MR) is 106 cm³/mol. The molecule has 11 heteroatoms. The molecule has 3 aromatic rings. The zero-order valence-corrected chi connectivity index (χ0v) is 16.3. The van der Waals surface area contributed by atoms with Gasteiger partial charge in [-0.25, -0.2) is 23.5 Å². The van der Waals surface area contributed by atoms with Gasteiger partial charge in [-0.2, -0.15) is 0 Å². The largest absolute Gasteiger partial charge is 0.424 e. The highest BCUT2D eigenvalue weighted by atomic mass is 32.2. The second kappa shape index (κ2) is 7.81. The number of anilines is 2. The van der Waals surface area contributed by atoms with Gasteiger partial charge in [-0.05, 0) is 44.2 Å². The third-order valence-corrected chi connectivity index (χ3v) is 4.69. The van der Waals surface area contributed by atoms with Crippen molar-refractivity contribution in [3.05, 3.63) is 70.0 Å². The minimum Gasteiger partial charge on any atom is -0.424 e. The minimum absolute atomic E-state index is 0.0993. The summed E-state index contributed by atoms with van der Waals surface area (Å²) in [4.78, 5) is 18.7. The molecule has 0 unspecified atom stereocenters. The first kappa shape index (κ1) is 20.2. The lowest BCUT2D eigenvalue weighted by molar-refractivity contribution is -0.384. The second-order valence-corrected chi connectivity index (χ2v) is 7.73. The molecule has 0 atom stereocenters. The smallest absolute Gasteiger partial charge is 0.322 e. The molecule has 10 nitrogen and oxygen atoms in total. The number of hydrogen-bond acceptors (Lipinski definition) is 8. The number of nitrogens with two attached hydrogens (primary N) is 1. The number of rotatable bonds is 6. The maximum absolute atomic E-state index is 11.4. The molecule has 0 aliphatic rings. The Morgan fingerprint density at radius 1 is 1.07 bits per heavy atom. The Morgan fingerprint density at radius 3 is 2.38 bits per heavy atom. The number of nitrogens with zero attached hydrogens (tertiary/aromatic N) is 3. The first-order valence-electron chi connectivity index (χ1n) is 8.30. The van der Waals surface area contributed by atoms with Gasteiger partial charge < -0.3 is 10.1 Å². The first-order valence-corrected chi connectivity index (χ1v) is 9.85. The number of aryl methyl sites for hydroxylation is 2. The molecule has 1 heterocycles. The van der Waals surface area contributed by atoms with Crippen molar-refractivity contribution in [1.82, 2.24) is 9.97 Å². The highest BCUT2D eigenvalue weighted by Crippen LogP contribution is 2.31. The standard InChI is InChI=1S/C18H17N5O5S/c1-11-8-12(2)21-18(20-11)28-14-5-3-4-13(9-14)22-16-7-6-15(29(19,26)27)10-17(16)23(24)25/h3-10,22H,1-2H3,(H2,19,26,27). The lowest BCUT2D eigenvalue weighted by Gasteiger charge is -2.10. The van der Waals surface area contributed by atoms with Crippen LogP contribution in [0.3, 0.4) is 0 Å². The van der Waals surface area contributed by atoms with Gasteiger partial charge in [-0.3, -0.25) is 10.1 Å². The van der Waals surface area contributed by atoms with Crippen molar-refractivity contribution < 1.29 is 18.1 Å². The van der Waals surface area contributed by atoms with E-state index < -0.39 is 20.6 Å². The first-order chi connectivity index (χ1) is 13.6. The summed E-state index contributed by atoms with van der Waals surface area (Å²) in [5.74, 6) is 0.420. The zero-order valence-electron chi connectivity index (χ0n) is 15.5. The van der Waals surface area contributed by atoms with Gasteiger partial charge in [-0.1, -0.05) is 6.07 Å². The van der Waals surface area contributed by atoms with Crippen molar-refractivity contribution in [2.24, 2.45) is 5.14 Å². The van der Waals surface area contributed by atoms with Crippen molar-refractivity contribution in [1.29, 1.82) is 0 Å². The SMILES string of the molecule is Cc1cc(C)nc(Oc2cccc(Nc3ccc(S(N)(=O)=O)cc3[N+](=O)[O-])c2)n1. The summed E-state index contributed by atoms with van der Waals surface area (Å²) < 4.78 is 28.6. The molecule has 0 aliphatic heterocycles. The average Bonchev–Trinajstić information content (AvgIpc) is 2.60. The minimum atomic E-state index is -4.06. The van der Waals surface area contributed by atoms with Crippen molar-refractivity contribution >= 4 is 27.1 Å². The van der Waals surface area contributed by atoms with Gasteiger partial charge in [0.25, 0.3) is 5.69 Å². The Morgan fingerprint density at radius 2 is 1.76 bits per heavy atom. The summed E-state index contributed by atoms with van der Waals surface area (Å²) in [5.41, 5.74) is 1.67. The molecule has 3 N–H and O–H groups in total. The van der Waals surface area contributed by atoms with Crippen LogP contribution in [-0.4, -0.2) is 23.3 Å². The molecule has 0 fully saturated rings. The number of sulfonamides is 1. The molecule has 0 saturated heterocycles. The Bertz CT molecular complexity index is 1180. The maximum atomic E-state index is 11.4. The zero-order chi connectivity index (χ0) is 21.2. The van der Waals surface area contributed by atoms with Crippen LogP contribution in [-0.2, 0) is 10.0 Å². The van der Waals surface area contributed by atoms with Crippen LogP contribution in [0, 0.1) is 24.0 Å². The quantitative estimate of drug-likeness (QED) is 0.460. The highest BCUT2D eigenvalue weighted by molar-refractivity contribution is 7.89. The highest BCUT2D eigenvalue weighted by Gasteiger charge is 2.19. The van der Waals surface area contributed by atoms with Crippen molar-refractivity contribution in [2.45, 2.75) is 18.7 Å². The van der Waals surface area contributed by atoms with E-state index in [-0.39, 0.29) is 16.6 Å². The van der Waals surface area contributed by atoms with Crippen molar-refractivity contribution in [3.8, 4) is 11.8 Å². The number of nitrogens with one attached hydrogen (secondary N) is 1. The number of aromatic nitrogens is 2. The summed E-state index contributed by atoms with van der Waals surface area (Å²) in [6, 6.07) is 12.0. The summed E-state index contributed by atoms with van der Waals surface area (Å²) in [6.07, 6.45) is 0. The van der Waals surface area contributed by atoms with Gasteiger partial charge in [-0.15, -0.1) is 0 Å². The van der Waals surface area contributed by atoms with E-state index in [1.165, 1.54) is 12.1 Å². The lowest BCUT2D eigenvalue weighted by atomic mass is 10.2. The normalized spacial score (nSPS) is 11.1. The summed E-state index contributed by atoms with van der Waals surface area (Å²) in [7, 11) is -4.06. The fourth-order valence-corrected chi connectivity index (χ4v) is 3.12. The van der Waals surface area contributed by atoms with E-state index in [4.69, 9.17) is 9.88 Å². The maximum Gasteiger partial charge on any atom is 0.322 e. The molecule has 0 bridgehead atoms. The van der Waals surface area contributed by atoms with E-state index in [1.807, 2.05) is 19.9 Å². The number of nitro benzene ring substituents is 1. The summed E-state index contributed by atoms with van der Waals surface area (Å²) >= 11 is 0. The van der Waals surface area contributed by atoms with E-state index in [9.17, 15) is 18.5 Å². The number of ether oxygens (including phenoxy) is 1. The Labute approximate surface area is 166 Å². The van der Waals surface area contributed by atoms with Gasteiger partial charge in [0.15, 0.2) is 0 Å². The Kier molecular flexibility index (Phi) is 5.43. The number of benzene rings is 2. The van der Waals surface area contributed by atoms with Crippen LogP contribution in [0.25, 0.3) is 0 Å². The van der Waals surface area contributed by atoms with Gasteiger partial charge in [0.1, 0.15) is 11.4 Å². The average molecular weight is 415 g/mol. The van der Waals surface area contributed by atoms with Gasteiger partial charge >= 0.3 is 6.01 Å². The molecule has 1 aromatic heterocycles. The molecule has 0 aliphatic carbocycles. The monoisotopic (exact) mass is 415 g/mol. The number of hydrogen-bond donors (Lipinski definition) is 2. The predicted octanol–water partition coefficient (Wildman–Crippen LogP) is 3.18. The molecule has 0 radical (unpaired) electrons. The molecule has 2 aromatic carbocycles. The van der Waals surface area contributed by atoms with Crippen LogP contribution in [0.15, 0.2) is 53.4 Å². The van der Waals surface area contributed by atoms with Gasteiger partial charge in [0.05, 0.1) is 9.82 Å². The number of primary sulfonamides is 1. The topological polar surface area (TPSA) is 150 Å². The molecule has 0 saturated carbocycles. The van der Waals surface area contributed by atoms with E-state index in [0.717, 1.165) is 17.5 Å². The fraction of sp³-hybridized carbons (Fsp3) is 0.111. The molecule has 3 rings (SSSR count). The third kappa shape index (κ3) is 5.03. The summed E-state index contributed by atoms with van der Waals surface area (Å²) in [6.45, 7) is 3.65. The Hall–Kier alpha value is -3.57. The van der Waals surface area contributed by atoms with E-state index in [2.05, 4.69) is 15.3 Å². The molecular weight excluding hydrogens is 398 g/mol. The van der Waals surface area contributed by atoms with E-state index >= 15 is 0 Å². The lowest BCUT2D eigenvalue weighted by Crippen LogP contribution is -2.12. The molecule has 0 spiro atoms. The van der Waals surface area contributed by atoms with Crippen LogP contribution in [0.2, 0.25) is 0 Å². The van der Waals surface area contributed by atoms with Gasteiger partial charge in [0.2, 0.25) is 10.0 Å². The fourth-order valence-electron chi connectivity index (χ4n) is 2.58. The third-order valence-electron chi connectivity index (χ3n) is 3.78. The van der Waals surface area contributed by atoms with E-state index in [0.29, 0.717) is 11.4 Å². The van der Waals surface area contributed by atoms with Crippen LogP contribution >= 0.6 is 0 Å². The van der Waals surface area contributed by atoms with Crippen molar-refractivity contribution in [3.63, 3.8) is 0 Å². The molecule has 0 amide bonds. The van der Waals surface area contributed by atoms with Crippen LogP contribution in [0.5, 0.6) is 11.8 Å². The van der Waals surface area contributed by atoms with Crippen LogP contribution < -0.4 is 15.2 Å².